The van der Waals surface area contributed by atoms with Crippen LogP contribution in [-0.2, 0) is 16.1 Å². The van der Waals surface area contributed by atoms with Crippen molar-refractivity contribution in [2.24, 2.45) is 0 Å². The van der Waals surface area contributed by atoms with Gasteiger partial charge in [-0.3, -0.25) is 9.59 Å². The molecule has 1 fully saturated rings. The maximum atomic E-state index is 12.3. The van der Waals surface area contributed by atoms with Gasteiger partial charge >= 0.3 is 0 Å². The molecule has 2 amide bonds. The van der Waals surface area contributed by atoms with E-state index in [2.05, 4.69) is 0 Å². The van der Waals surface area contributed by atoms with Crippen LogP contribution in [0.2, 0.25) is 0 Å². The van der Waals surface area contributed by atoms with Gasteiger partial charge in [0.25, 0.3) is 5.91 Å². The van der Waals surface area contributed by atoms with Crippen LogP contribution in [-0.4, -0.2) is 36.9 Å². The van der Waals surface area contributed by atoms with Gasteiger partial charge in [0.05, 0.1) is 0 Å². The fourth-order valence-corrected chi connectivity index (χ4v) is 2.97. The smallest absolute Gasteiger partial charge is 0.260 e. The van der Waals surface area contributed by atoms with Gasteiger partial charge in [0, 0.05) is 38.3 Å². The minimum Gasteiger partial charge on any atom is -0.484 e. The number of aryl methyl sites for hydroxylation is 1. The lowest BCUT2D eigenvalue weighted by molar-refractivity contribution is -0.132. The van der Waals surface area contributed by atoms with E-state index in [0.29, 0.717) is 18.7 Å². The summed E-state index contributed by atoms with van der Waals surface area (Å²) in [6, 6.07) is 15.5. The van der Waals surface area contributed by atoms with E-state index >= 15 is 0 Å². The van der Waals surface area contributed by atoms with E-state index in [9.17, 15) is 9.59 Å². The molecule has 3 rings (SSSR count). The second-order valence-corrected chi connectivity index (χ2v) is 6.67. The second kappa shape index (κ2) is 8.04. The molecule has 0 bridgehead atoms. The van der Waals surface area contributed by atoms with Crippen molar-refractivity contribution in [3.05, 3.63) is 59.7 Å². The van der Waals surface area contributed by atoms with Crippen molar-refractivity contribution in [3.63, 3.8) is 0 Å². The summed E-state index contributed by atoms with van der Waals surface area (Å²) in [6.07, 6.45) is 1.47. The van der Waals surface area contributed by atoms with Gasteiger partial charge in [0.15, 0.2) is 6.61 Å². The van der Waals surface area contributed by atoms with Crippen LogP contribution in [0.4, 0.5) is 5.69 Å². The van der Waals surface area contributed by atoms with Crippen LogP contribution < -0.4 is 9.64 Å². The summed E-state index contributed by atoms with van der Waals surface area (Å²) in [5.74, 6) is 0.642. The molecule has 2 aromatic rings. The predicted octanol–water partition coefficient (Wildman–Crippen LogP) is 3.16. The number of benzene rings is 2. The zero-order chi connectivity index (χ0) is 18.5. The van der Waals surface area contributed by atoms with E-state index in [4.69, 9.17) is 4.74 Å². The number of rotatable bonds is 6. The van der Waals surface area contributed by atoms with Gasteiger partial charge in [-0.15, -0.1) is 0 Å². The van der Waals surface area contributed by atoms with Gasteiger partial charge in [-0.1, -0.05) is 35.9 Å². The first kappa shape index (κ1) is 18.0. The number of hydrogen-bond acceptors (Lipinski definition) is 3. The SMILES string of the molecule is Cc1ccc(CN(C)C(=O)COc2cccc(N3CCCC3=O)c2)cc1. The Morgan fingerprint density at radius 2 is 1.96 bits per heavy atom. The van der Waals surface area contributed by atoms with E-state index in [1.165, 1.54) is 5.56 Å². The maximum absolute atomic E-state index is 12.3. The number of nitrogens with zero attached hydrogens (tertiary/aromatic N) is 2. The van der Waals surface area contributed by atoms with Crippen LogP contribution in [0.5, 0.6) is 5.75 Å². The topological polar surface area (TPSA) is 49.9 Å². The molecular weight excluding hydrogens is 328 g/mol. The van der Waals surface area contributed by atoms with Crippen molar-refractivity contribution in [2.45, 2.75) is 26.3 Å². The Balaban J connectivity index is 1.55. The third-order valence-corrected chi connectivity index (χ3v) is 4.53. The lowest BCUT2D eigenvalue weighted by Crippen LogP contribution is -2.31. The molecule has 1 aliphatic rings. The maximum Gasteiger partial charge on any atom is 0.260 e. The normalized spacial score (nSPS) is 13.8. The highest BCUT2D eigenvalue weighted by Crippen LogP contribution is 2.25. The van der Waals surface area contributed by atoms with Crippen LogP contribution in [0.15, 0.2) is 48.5 Å². The van der Waals surface area contributed by atoms with Gasteiger partial charge in [-0.25, -0.2) is 0 Å². The van der Waals surface area contributed by atoms with Crippen molar-refractivity contribution in [1.29, 1.82) is 0 Å². The summed E-state index contributed by atoms with van der Waals surface area (Å²) in [6.45, 7) is 3.29. The van der Waals surface area contributed by atoms with Crippen molar-refractivity contribution >= 4 is 17.5 Å². The lowest BCUT2D eigenvalue weighted by Gasteiger charge is -2.19. The average Bonchev–Trinajstić information content (AvgIpc) is 3.08. The molecule has 1 saturated heterocycles. The van der Waals surface area contributed by atoms with Crippen LogP contribution in [0, 0.1) is 6.92 Å². The molecule has 0 saturated carbocycles. The molecule has 2 aromatic carbocycles. The first-order chi connectivity index (χ1) is 12.5. The first-order valence-corrected chi connectivity index (χ1v) is 8.85. The number of amides is 2. The van der Waals surface area contributed by atoms with Crippen LogP contribution in [0.3, 0.4) is 0 Å². The summed E-state index contributed by atoms with van der Waals surface area (Å²) in [4.78, 5) is 27.6. The number of carbonyl (C=O) groups excluding carboxylic acids is 2. The Morgan fingerprint density at radius 3 is 2.65 bits per heavy atom. The third-order valence-electron chi connectivity index (χ3n) is 4.53. The molecule has 5 heteroatoms. The number of hydrogen-bond donors (Lipinski definition) is 0. The molecule has 0 aliphatic carbocycles. The van der Waals surface area contributed by atoms with Gasteiger partial charge < -0.3 is 14.5 Å². The van der Waals surface area contributed by atoms with Crippen LogP contribution in [0.25, 0.3) is 0 Å². The third kappa shape index (κ3) is 4.42. The molecule has 0 unspecified atom stereocenters. The molecule has 1 aliphatic heterocycles. The van der Waals surface area contributed by atoms with Gasteiger partial charge in [-0.05, 0) is 31.0 Å². The van der Waals surface area contributed by atoms with E-state index in [0.717, 1.165) is 24.2 Å². The molecule has 0 spiro atoms. The van der Waals surface area contributed by atoms with E-state index in [-0.39, 0.29) is 18.4 Å². The van der Waals surface area contributed by atoms with E-state index in [1.807, 2.05) is 49.4 Å². The number of anilines is 1. The van der Waals surface area contributed by atoms with Crippen molar-refractivity contribution in [1.82, 2.24) is 4.90 Å². The molecule has 0 aromatic heterocycles. The average molecular weight is 352 g/mol. The minimum absolute atomic E-state index is 0.0280. The molecule has 0 N–H and O–H groups in total. The molecule has 5 nitrogen and oxygen atoms in total. The highest BCUT2D eigenvalue weighted by Gasteiger charge is 2.22. The molecule has 136 valence electrons. The number of carbonyl (C=O) groups is 2. The molecule has 26 heavy (non-hydrogen) atoms. The fourth-order valence-electron chi connectivity index (χ4n) is 2.97. The standard InChI is InChI=1S/C21H24N2O3/c1-16-8-10-17(11-9-16)14-22(2)21(25)15-26-19-6-3-5-18(13-19)23-12-4-7-20(23)24/h3,5-6,8-11,13H,4,7,12,14-15H2,1-2H3. The summed E-state index contributed by atoms with van der Waals surface area (Å²) >= 11 is 0. The second-order valence-electron chi connectivity index (χ2n) is 6.67. The Morgan fingerprint density at radius 1 is 1.19 bits per heavy atom. The summed E-state index contributed by atoms with van der Waals surface area (Å²) in [5.41, 5.74) is 3.11. The number of likely N-dealkylation sites (N-methyl/N-ethyl adjacent to an activating group) is 1. The Hall–Kier alpha value is -2.82. The van der Waals surface area contributed by atoms with E-state index < -0.39 is 0 Å². The van der Waals surface area contributed by atoms with E-state index in [1.54, 1.807) is 22.9 Å². The quantitative estimate of drug-likeness (QED) is 0.802. The summed E-state index contributed by atoms with van der Waals surface area (Å²) in [7, 11) is 1.77. The van der Waals surface area contributed by atoms with Crippen molar-refractivity contribution < 1.29 is 14.3 Å². The lowest BCUT2D eigenvalue weighted by atomic mass is 10.1. The zero-order valence-electron chi connectivity index (χ0n) is 15.3. The minimum atomic E-state index is -0.0896. The first-order valence-electron chi connectivity index (χ1n) is 8.85. The molecule has 1 heterocycles. The van der Waals surface area contributed by atoms with Crippen molar-refractivity contribution in [3.8, 4) is 5.75 Å². The summed E-state index contributed by atoms with van der Waals surface area (Å²) < 4.78 is 5.65. The van der Waals surface area contributed by atoms with Gasteiger partial charge in [0.2, 0.25) is 5.91 Å². The Labute approximate surface area is 154 Å². The Bertz CT molecular complexity index is 786. The predicted molar refractivity (Wildman–Crippen MR) is 101 cm³/mol. The molecule has 0 radical (unpaired) electrons. The number of ether oxygens (including phenoxy) is 1. The summed E-state index contributed by atoms with van der Waals surface area (Å²) in [5, 5.41) is 0. The molecular formula is C21H24N2O3. The zero-order valence-corrected chi connectivity index (χ0v) is 15.3. The highest BCUT2D eigenvalue weighted by atomic mass is 16.5. The Kier molecular flexibility index (Phi) is 5.56. The molecule has 0 atom stereocenters. The van der Waals surface area contributed by atoms with Gasteiger partial charge in [-0.2, -0.15) is 0 Å². The van der Waals surface area contributed by atoms with Crippen molar-refractivity contribution in [2.75, 3.05) is 25.1 Å². The fraction of sp³-hybridized carbons (Fsp3) is 0.333. The van der Waals surface area contributed by atoms with Gasteiger partial charge in [0.1, 0.15) is 5.75 Å². The van der Waals surface area contributed by atoms with Crippen LogP contribution >= 0.6 is 0 Å². The highest BCUT2D eigenvalue weighted by molar-refractivity contribution is 5.95. The monoisotopic (exact) mass is 352 g/mol. The largest absolute Gasteiger partial charge is 0.484 e. The van der Waals surface area contributed by atoms with Crippen LogP contribution in [0.1, 0.15) is 24.0 Å².